The van der Waals surface area contributed by atoms with E-state index in [2.05, 4.69) is 25.7 Å². The maximum atomic E-state index is 9.53. The fraction of sp³-hybridized carbons (Fsp3) is 0.818. The van der Waals surface area contributed by atoms with Crippen molar-refractivity contribution in [2.75, 3.05) is 5.75 Å². The Morgan fingerprint density at radius 3 is 2.69 bits per heavy atom. The minimum atomic E-state index is -0.181. The van der Waals surface area contributed by atoms with Crippen molar-refractivity contribution in [3.8, 4) is 11.8 Å². The molecule has 0 fully saturated rings. The van der Waals surface area contributed by atoms with Crippen molar-refractivity contribution in [2.45, 2.75) is 51.4 Å². The summed E-state index contributed by atoms with van der Waals surface area (Å²) in [4.78, 5) is 0. The summed E-state index contributed by atoms with van der Waals surface area (Å²) in [6.07, 6.45) is 2.62. The van der Waals surface area contributed by atoms with Crippen LogP contribution in [-0.4, -0.2) is 22.2 Å². The van der Waals surface area contributed by atoms with Crippen LogP contribution in [0.3, 0.4) is 0 Å². The maximum absolute atomic E-state index is 9.53. The topological polar surface area (TPSA) is 20.2 Å². The van der Waals surface area contributed by atoms with E-state index in [9.17, 15) is 5.11 Å². The van der Waals surface area contributed by atoms with Gasteiger partial charge in [0.2, 0.25) is 0 Å². The molecule has 1 nitrogen and oxygen atoms in total. The molecule has 0 radical (unpaired) electrons. The predicted octanol–water partition coefficient (Wildman–Crippen LogP) is 2.68. The van der Waals surface area contributed by atoms with Gasteiger partial charge in [0, 0.05) is 17.4 Å². The zero-order chi connectivity index (χ0) is 10.1. The molecule has 0 heterocycles. The van der Waals surface area contributed by atoms with Crippen LogP contribution in [0.4, 0.5) is 0 Å². The van der Waals surface area contributed by atoms with Crippen LogP contribution in [0.15, 0.2) is 0 Å². The molecule has 0 spiro atoms. The summed E-state index contributed by atoms with van der Waals surface area (Å²) in [6, 6.07) is 0. The van der Waals surface area contributed by atoms with Crippen molar-refractivity contribution in [3.05, 3.63) is 0 Å². The minimum Gasteiger partial charge on any atom is -0.392 e. The van der Waals surface area contributed by atoms with E-state index in [0.29, 0.717) is 5.25 Å². The number of hydrogen-bond acceptors (Lipinski definition) is 2. The van der Waals surface area contributed by atoms with E-state index >= 15 is 0 Å². The van der Waals surface area contributed by atoms with Gasteiger partial charge in [-0.2, -0.15) is 11.8 Å². The monoisotopic (exact) mass is 200 g/mol. The Hall–Kier alpha value is -0.130. The van der Waals surface area contributed by atoms with Crippen molar-refractivity contribution in [2.24, 2.45) is 0 Å². The van der Waals surface area contributed by atoms with Gasteiger partial charge in [-0.3, -0.25) is 0 Å². The van der Waals surface area contributed by atoms with Gasteiger partial charge >= 0.3 is 0 Å². The predicted molar refractivity (Wildman–Crippen MR) is 60.9 cm³/mol. The second kappa shape index (κ2) is 8.47. The first kappa shape index (κ1) is 12.9. The van der Waals surface area contributed by atoms with Crippen LogP contribution in [0.1, 0.15) is 40.0 Å². The maximum Gasteiger partial charge on any atom is 0.0639 e. The lowest BCUT2D eigenvalue weighted by molar-refractivity contribution is 0.191. The molecular weight excluding hydrogens is 180 g/mol. The van der Waals surface area contributed by atoms with Gasteiger partial charge in [-0.05, 0) is 19.8 Å². The van der Waals surface area contributed by atoms with E-state index in [4.69, 9.17) is 0 Å². The molecule has 1 N–H and O–H groups in total. The SMILES string of the molecule is CC#CCCC(O)CSC(C)CC. The molecule has 0 saturated heterocycles. The van der Waals surface area contributed by atoms with Gasteiger partial charge in [0.1, 0.15) is 0 Å². The van der Waals surface area contributed by atoms with E-state index in [1.165, 1.54) is 6.42 Å². The van der Waals surface area contributed by atoms with E-state index < -0.39 is 0 Å². The Balaban J connectivity index is 3.37. The van der Waals surface area contributed by atoms with E-state index in [1.54, 1.807) is 0 Å². The fourth-order valence-corrected chi connectivity index (χ4v) is 1.79. The van der Waals surface area contributed by atoms with Gasteiger partial charge < -0.3 is 5.11 Å². The molecule has 13 heavy (non-hydrogen) atoms. The minimum absolute atomic E-state index is 0.181. The average molecular weight is 200 g/mol. The number of aliphatic hydroxyl groups is 1. The summed E-state index contributed by atoms with van der Waals surface area (Å²) in [7, 11) is 0. The summed E-state index contributed by atoms with van der Waals surface area (Å²) < 4.78 is 0. The van der Waals surface area contributed by atoms with Crippen LogP contribution in [0.5, 0.6) is 0 Å². The Morgan fingerprint density at radius 2 is 2.15 bits per heavy atom. The number of hydrogen-bond donors (Lipinski definition) is 1. The molecule has 0 aromatic rings. The standard InChI is InChI=1S/C11H20OS/c1-4-6-7-8-11(12)9-13-10(3)5-2/h10-12H,5,7-9H2,1-3H3. The summed E-state index contributed by atoms with van der Waals surface area (Å²) in [5.74, 6) is 6.64. The van der Waals surface area contributed by atoms with Crippen molar-refractivity contribution in [1.82, 2.24) is 0 Å². The molecule has 0 amide bonds. The zero-order valence-electron chi connectivity index (χ0n) is 8.84. The molecule has 2 atom stereocenters. The lowest BCUT2D eigenvalue weighted by Gasteiger charge is -2.11. The summed E-state index contributed by atoms with van der Waals surface area (Å²) in [6.45, 7) is 6.20. The molecule has 0 aliphatic heterocycles. The molecule has 2 unspecified atom stereocenters. The van der Waals surface area contributed by atoms with Crippen LogP contribution in [-0.2, 0) is 0 Å². The zero-order valence-corrected chi connectivity index (χ0v) is 9.66. The summed E-state index contributed by atoms with van der Waals surface area (Å²) in [5.41, 5.74) is 0. The molecule has 0 aromatic heterocycles. The quantitative estimate of drug-likeness (QED) is 0.665. The highest BCUT2D eigenvalue weighted by molar-refractivity contribution is 7.99. The van der Waals surface area contributed by atoms with Gasteiger partial charge in [0.25, 0.3) is 0 Å². The highest BCUT2D eigenvalue weighted by Crippen LogP contribution is 2.15. The first-order chi connectivity index (χ1) is 6.20. The number of rotatable bonds is 6. The Labute approximate surface area is 86.3 Å². The van der Waals surface area contributed by atoms with E-state index in [0.717, 1.165) is 18.6 Å². The third-order valence-corrected chi connectivity index (χ3v) is 3.41. The molecule has 0 aliphatic carbocycles. The van der Waals surface area contributed by atoms with Gasteiger partial charge in [-0.25, -0.2) is 0 Å². The van der Waals surface area contributed by atoms with E-state index in [1.807, 2.05) is 18.7 Å². The highest BCUT2D eigenvalue weighted by atomic mass is 32.2. The molecule has 0 aliphatic rings. The molecule has 0 bridgehead atoms. The van der Waals surface area contributed by atoms with Crippen LogP contribution >= 0.6 is 11.8 Å². The molecule has 0 saturated carbocycles. The third-order valence-electron chi connectivity index (χ3n) is 1.93. The molecular formula is C11H20OS. The largest absolute Gasteiger partial charge is 0.392 e. The lowest BCUT2D eigenvalue weighted by Crippen LogP contribution is -2.11. The van der Waals surface area contributed by atoms with Crippen LogP contribution in [0, 0.1) is 11.8 Å². The van der Waals surface area contributed by atoms with Gasteiger partial charge in [0.15, 0.2) is 0 Å². The van der Waals surface area contributed by atoms with Gasteiger partial charge in [-0.15, -0.1) is 11.8 Å². The number of thioether (sulfide) groups is 1. The first-order valence-electron chi connectivity index (χ1n) is 4.90. The van der Waals surface area contributed by atoms with Crippen LogP contribution in [0.25, 0.3) is 0 Å². The second-order valence-corrected chi connectivity index (χ2v) is 4.64. The smallest absolute Gasteiger partial charge is 0.0639 e. The molecule has 2 heteroatoms. The molecule has 0 rings (SSSR count). The van der Waals surface area contributed by atoms with Gasteiger partial charge in [0.05, 0.1) is 6.10 Å². The molecule has 76 valence electrons. The third kappa shape index (κ3) is 8.21. The number of aliphatic hydroxyl groups excluding tert-OH is 1. The highest BCUT2D eigenvalue weighted by Gasteiger charge is 2.05. The Bertz CT molecular complexity index is 169. The van der Waals surface area contributed by atoms with Crippen molar-refractivity contribution in [3.63, 3.8) is 0 Å². The summed E-state index contributed by atoms with van der Waals surface area (Å²) >= 11 is 1.84. The van der Waals surface area contributed by atoms with Crippen LogP contribution in [0.2, 0.25) is 0 Å². The van der Waals surface area contributed by atoms with Crippen molar-refractivity contribution < 1.29 is 5.11 Å². The average Bonchev–Trinajstić information content (AvgIpc) is 2.14. The Kier molecular flexibility index (Phi) is 8.38. The molecule has 0 aromatic carbocycles. The lowest BCUT2D eigenvalue weighted by atomic mass is 10.2. The van der Waals surface area contributed by atoms with Crippen LogP contribution < -0.4 is 0 Å². The first-order valence-corrected chi connectivity index (χ1v) is 5.94. The fourth-order valence-electron chi connectivity index (χ4n) is 0.840. The van der Waals surface area contributed by atoms with Crippen molar-refractivity contribution >= 4 is 11.8 Å². The summed E-state index contributed by atoms with van der Waals surface area (Å²) in [5, 5.41) is 10.2. The van der Waals surface area contributed by atoms with Gasteiger partial charge in [-0.1, -0.05) is 13.8 Å². The second-order valence-electron chi connectivity index (χ2n) is 3.17. The van der Waals surface area contributed by atoms with Crippen molar-refractivity contribution in [1.29, 1.82) is 0 Å². The van der Waals surface area contributed by atoms with E-state index in [-0.39, 0.29) is 6.10 Å². The Morgan fingerprint density at radius 1 is 1.46 bits per heavy atom. The normalized spacial score (nSPS) is 14.5.